The fraction of sp³-hybridized carbons (Fsp3) is 0.800. The van der Waals surface area contributed by atoms with E-state index in [1.165, 1.54) is 0 Å². The zero-order valence-electron chi connectivity index (χ0n) is 14.5. The lowest BCUT2D eigenvalue weighted by Gasteiger charge is -2.25. The van der Waals surface area contributed by atoms with Crippen molar-refractivity contribution in [2.45, 2.75) is 59.7 Å². The SMILES string of the molecule is CC(C)[C@H](N)C(=O)B(C(=O)[C@@H](N)C(C)C)C(=O)[C@@H](N)C(C)C. The molecule has 0 aromatic carbocycles. The number of carbonyl (C=O) groups excluding carboxylic acids is 3. The number of hydrogen-bond acceptors (Lipinski definition) is 6. The van der Waals surface area contributed by atoms with E-state index in [1.807, 2.05) is 0 Å². The van der Waals surface area contributed by atoms with Crippen LogP contribution in [0, 0.1) is 17.8 Å². The van der Waals surface area contributed by atoms with E-state index in [0.29, 0.717) is 0 Å². The van der Waals surface area contributed by atoms with Crippen LogP contribution in [0.5, 0.6) is 0 Å². The molecule has 0 heterocycles. The molecule has 0 spiro atoms. The highest BCUT2D eigenvalue weighted by Crippen LogP contribution is 2.11. The van der Waals surface area contributed by atoms with Gasteiger partial charge in [0.05, 0.1) is 18.1 Å². The van der Waals surface area contributed by atoms with Gasteiger partial charge in [0.1, 0.15) is 17.0 Å². The standard InChI is InChI=1S/C15H30BN3O3/c1-7(2)10(17)13(20)16(14(21)11(18)8(3)4)15(22)12(19)9(5)6/h7-12H,17-19H2,1-6H3/t10-,11-,12-/m0/s1. The van der Waals surface area contributed by atoms with E-state index in [9.17, 15) is 14.4 Å². The monoisotopic (exact) mass is 311 g/mol. The molecule has 0 amide bonds. The predicted octanol–water partition coefficient (Wildman–Crippen LogP) is -0.244. The van der Waals surface area contributed by atoms with E-state index in [1.54, 1.807) is 41.5 Å². The molecule has 3 atom stereocenters. The van der Waals surface area contributed by atoms with Crippen molar-refractivity contribution >= 4 is 23.8 Å². The van der Waals surface area contributed by atoms with Gasteiger partial charge in [0.15, 0.2) is 0 Å². The Bertz CT molecular complexity index is 362. The normalized spacial score (nSPS) is 15.8. The van der Waals surface area contributed by atoms with Gasteiger partial charge in [0.25, 0.3) is 0 Å². The zero-order valence-corrected chi connectivity index (χ0v) is 14.5. The Morgan fingerprint density at radius 2 is 0.773 bits per heavy atom. The summed E-state index contributed by atoms with van der Waals surface area (Å²) in [5, 5.41) is 0. The van der Waals surface area contributed by atoms with Gasteiger partial charge in [-0.15, -0.1) is 0 Å². The molecule has 7 heteroatoms. The van der Waals surface area contributed by atoms with Crippen molar-refractivity contribution < 1.29 is 14.4 Å². The highest BCUT2D eigenvalue weighted by molar-refractivity contribution is 7.28. The van der Waals surface area contributed by atoms with Crippen LogP contribution in [-0.4, -0.2) is 41.9 Å². The van der Waals surface area contributed by atoms with E-state index in [0.717, 1.165) is 0 Å². The first-order chi connectivity index (χ1) is 9.93. The van der Waals surface area contributed by atoms with E-state index >= 15 is 0 Å². The third kappa shape index (κ3) is 5.00. The fourth-order valence-electron chi connectivity index (χ4n) is 1.98. The maximum absolute atomic E-state index is 12.5. The lowest BCUT2D eigenvalue weighted by Crippen LogP contribution is -2.62. The molecule has 0 aliphatic carbocycles. The molecule has 126 valence electrons. The van der Waals surface area contributed by atoms with Crippen molar-refractivity contribution in [2.24, 2.45) is 35.0 Å². The first-order valence-corrected chi connectivity index (χ1v) is 7.81. The highest BCUT2D eigenvalue weighted by Gasteiger charge is 2.46. The summed E-state index contributed by atoms with van der Waals surface area (Å²) in [6.07, 6.45) is 0. The van der Waals surface area contributed by atoms with Gasteiger partial charge in [-0.3, -0.25) is 0 Å². The van der Waals surface area contributed by atoms with Crippen LogP contribution in [0.2, 0.25) is 0 Å². The summed E-state index contributed by atoms with van der Waals surface area (Å²) in [6, 6.07) is -2.68. The van der Waals surface area contributed by atoms with E-state index in [2.05, 4.69) is 0 Å². The van der Waals surface area contributed by atoms with Gasteiger partial charge in [-0.05, 0) is 17.8 Å². The Hall–Kier alpha value is -1.05. The van der Waals surface area contributed by atoms with Crippen LogP contribution in [0.25, 0.3) is 0 Å². The van der Waals surface area contributed by atoms with Crippen LogP contribution >= 0.6 is 0 Å². The Kier molecular flexibility index (Phi) is 8.15. The Morgan fingerprint density at radius 3 is 0.909 bits per heavy atom. The zero-order chi connectivity index (χ0) is 17.8. The van der Waals surface area contributed by atoms with Crippen LogP contribution in [0.3, 0.4) is 0 Å². The number of hydrogen-bond donors (Lipinski definition) is 3. The molecule has 0 fully saturated rings. The fourth-order valence-corrected chi connectivity index (χ4v) is 1.98. The average molecular weight is 311 g/mol. The van der Waals surface area contributed by atoms with Gasteiger partial charge in [-0.1, -0.05) is 41.5 Å². The highest BCUT2D eigenvalue weighted by atomic mass is 16.2. The van der Waals surface area contributed by atoms with E-state index in [4.69, 9.17) is 17.2 Å². The third-order valence-corrected chi connectivity index (χ3v) is 3.99. The minimum atomic E-state index is -1.47. The van der Waals surface area contributed by atoms with Gasteiger partial charge in [0, 0.05) is 0 Å². The molecule has 6 N–H and O–H groups in total. The molecule has 0 radical (unpaired) electrons. The second-order valence-corrected chi connectivity index (χ2v) is 6.95. The first kappa shape index (κ1) is 21.0. The number of rotatable bonds is 9. The van der Waals surface area contributed by atoms with Crippen molar-refractivity contribution in [1.29, 1.82) is 0 Å². The Labute approximate surface area is 133 Å². The lowest BCUT2D eigenvalue weighted by atomic mass is 9.36. The van der Waals surface area contributed by atoms with Crippen LogP contribution in [0.15, 0.2) is 0 Å². The van der Waals surface area contributed by atoms with E-state index < -0.39 is 41.9 Å². The summed E-state index contributed by atoms with van der Waals surface area (Å²) < 4.78 is 0. The van der Waals surface area contributed by atoms with Gasteiger partial charge in [-0.25, -0.2) is 0 Å². The molecule has 0 rings (SSSR count). The molecule has 0 aliphatic heterocycles. The second kappa shape index (κ2) is 8.55. The first-order valence-electron chi connectivity index (χ1n) is 7.81. The summed E-state index contributed by atoms with van der Waals surface area (Å²) in [7, 11) is 0. The van der Waals surface area contributed by atoms with Crippen molar-refractivity contribution in [2.75, 3.05) is 0 Å². The van der Waals surface area contributed by atoms with Crippen LogP contribution in [0.4, 0.5) is 0 Å². The summed E-state index contributed by atoms with van der Waals surface area (Å²) in [4.78, 5) is 37.6. The Balaban J connectivity index is 5.64. The molecule has 0 saturated carbocycles. The largest absolute Gasteiger partial charge is 0.382 e. The average Bonchev–Trinajstić information content (AvgIpc) is 2.43. The molecule has 0 aromatic heterocycles. The minimum Gasteiger partial charge on any atom is -0.322 e. The molecule has 0 aliphatic rings. The Morgan fingerprint density at radius 1 is 0.591 bits per heavy atom. The van der Waals surface area contributed by atoms with Gasteiger partial charge in [0.2, 0.25) is 0 Å². The van der Waals surface area contributed by atoms with Crippen molar-refractivity contribution in [1.82, 2.24) is 0 Å². The summed E-state index contributed by atoms with van der Waals surface area (Å²) in [5.74, 6) is -0.538. The predicted molar refractivity (Wildman–Crippen MR) is 89.2 cm³/mol. The van der Waals surface area contributed by atoms with Crippen LogP contribution in [0.1, 0.15) is 41.5 Å². The summed E-state index contributed by atoms with van der Waals surface area (Å²) in [6.45, 7) is 9.11. The molecule has 0 aromatic rings. The van der Waals surface area contributed by atoms with Crippen molar-refractivity contribution in [3.05, 3.63) is 0 Å². The van der Waals surface area contributed by atoms with Crippen LogP contribution in [-0.2, 0) is 14.4 Å². The topological polar surface area (TPSA) is 129 Å². The maximum Gasteiger partial charge on any atom is 0.382 e. The summed E-state index contributed by atoms with van der Waals surface area (Å²) >= 11 is 0. The molecule has 6 nitrogen and oxygen atoms in total. The maximum atomic E-state index is 12.5. The lowest BCUT2D eigenvalue weighted by molar-refractivity contribution is -0.121. The summed E-state index contributed by atoms with van der Waals surface area (Å²) in [5.41, 5.74) is 15.8. The van der Waals surface area contributed by atoms with Crippen molar-refractivity contribution in [3.63, 3.8) is 0 Å². The van der Waals surface area contributed by atoms with Gasteiger partial charge >= 0.3 is 6.71 Å². The second-order valence-electron chi connectivity index (χ2n) is 6.95. The number of carbonyl (C=O) groups is 3. The van der Waals surface area contributed by atoms with Gasteiger partial charge in [-0.2, -0.15) is 0 Å². The molecule has 0 bridgehead atoms. The van der Waals surface area contributed by atoms with Crippen molar-refractivity contribution in [3.8, 4) is 0 Å². The number of nitrogens with two attached hydrogens (primary N) is 3. The van der Waals surface area contributed by atoms with E-state index in [-0.39, 0.29) is 17.8 Å². The minimum absolute atomic E-state index is 0.179. The third-order valence-electron chi connectivity index (χ3n) is 3.99. The molecule has 22 heavy (non-hydrogen) atoms. The smallest absolute Gasteiger partial charge is 0.322 e. The molecular weight excluding hydrogens is 281 g/mol. The van der Waals surface area contributed by atoms with Crippen LogP contribution < -0.4 is 17.2 Å². The van der Waals surface area contributed by atoms with Gasteiger partial charge < -0.3 is 31.6 Å². The molecule has 0 unspecified atom stereocenters. The molecule has 0 saturated heterocycles. The quantitative estimate of drug-likeness (QED) is 0.504. The molecular formula is C15H30BN3O3.